The molecule has 3 nitrogen and oxygen atoms in total. The van der Waals surface area contributed by atoms with Gasteiger partial charge in [0.1, 0.15) is 11.9 Å². The van der Waals surface area contributed by atoms with Crippen LogP contribution >= 0.6 is 0 Å². The zero-order valence-electron chi connectivity index (χ0n) is 8.79. The van der Waals surface area contributed by atoms with E-state index in [2.05, 4.69) is 5.32 Å². The molecule has 0 fully saturated rings. The van der Waals surface area contributed by atoms with Gasteiger partial charge in [-0.15, -0.1) is 0 Å². The summed E-state index contributed by atoms with van der Waals surface area (Å²) in [6, 6.07) is 6.33. The molecule has 0 heterocycles. The molecule has 1 rings (SSSR count). The Bertz CT molecular complexity index is 341. The molecule has 0 aliphatic carbocycles. The molecular weight excluding hydrogens is 197 g/mol. The number of hydrogen-bond acceptors (Lipinski definition) is 2. The van der Waals surface area contributed by atoms with E-state index in [4.69, 9.17) is 4.74 Å². The maximum atomic E-state index is 13.1. The third kappa shape index (κ3) is 3.32. The van der Waals surface area contributed by atoms with Gasteiger partial charge in [-0.05, 0) is 13.0 Å². The van der Waals surface area contributed by atoms with Crippen LogP contribution in [0.15, 0.2) is 24.3 Å². The number of benzene rings is 1. The van der Waals surface area contributed by atoms with Crippen molar-refractivity contribution in [2.24, 2.45) is 0 Å². The molecule has 0 aromatic heterocycles. The van der Waals surface area contributed by atoms with Crippen LogP contribution in [0.25, 0.3) is 0 Å². The van der Waals surface area contributed by atoms with Crippen molar-refractivity contribution in [2.45, 2.75) is 19.6 Å². The Labute approximate surface area is 88.2 Å². The number of carbonyl (C=O) groups excluding carboxylic acids is 1. The van der Waals surface area contributed by atoms with Crippen LogP contribution in [0.5, 0.6) is 0 Å². The molecule has 0 spiro atoms. The van der Waals surface area contributed by atoms with Crippen LogP contribution in [-0.4, -0.2) is 19.1 Å². The van der Waals surface area contributed by atoms with Crippen molar-refractivity contribution < 1.29 is 13.9 Å². The molecular formula is C11H14FNO2. The second kappa shape index (κ2) is 5.46. The first-order valence-electron chi connectivity index (χ1n) is 4.69. The first-order chi connectivity index (χ1) is 7.15. The van der Waals surface area contributed by atoms with E-state index in [0.717, 1.165) is 0 Å². The fraction of sp³-hybridized carbons (Fsp3) is 0.364. The average Bonchev–Trinajstić information content (AvgIpc) is 2.26. The van der Waals surface area contributed by atoms with Crippen LogP contribution in [0.1, 0.15) is 12.5 Å². The van der Waals surface area contributed by atoms with Crippen molar-refractivity contribution in [1.29, 1.82) is 0 Å². The van der Waals surface area contributed by atoms with Gasteiger partial charge in [0.05, 0.1) is 0 Å². The van der Waals surface area contributed by atoms with E-state index in [1.807, 2.05) is 0 Å². The molecule has 0 bridgehead atoms. The number of carbonyl (C=O) groups is 1. The Kier molecular flexibility index (Phi) is 4.24. The lowest BCUT2D eigenvalue weighted by Gasteiger charge is -2.10. The summed E-state index contributed by atoms with van der Waals surface area (Å²) < 4.78 is 18.0. The summed E-state index contributed by atoms with van der Waals surface area (Å²) in [6.45, 7) is 1.82. The fourth-order valence-electron chi connectivity index (χ4n) is 1.07. The fourth-order valence-corrected chi connectivity index (χ4v) is 1.07. The van der Waals surface area contributed by atoms with Gasteiger partial charge in [0, 0.05) is 19.2 Å². The normalized spacial score (nSPS) is 12.2. The van der Waals surface area contributed by atoms with Gasteiger partial charge >= 0.3 is 0 Å². The van der Waals surface area contributed by atoms with Gasteiger partial charge in [-0.3, -0.25) is 4.79 Å². The highest BCUT2D eigenvalue weighted by Crippen LogP contribution is 2.05. The quantitative estimate of drug-likeness (QED) is 0.819. The molecule has 0 aliphatic rings. The van der Waals surface area contributed by atoms with Crippen molar-refractivity contribution in [2.75, 3.05) is 7.11 Å². The summed E-state index contributed by atoms with van der Waals surface area (Å²) in [5, 5.41) is 2.59. The van der Waals surface area contributed by atoms with Crippen LogP contribution in [-0.2, 0) is 16.1 Å². The number of methoxy groups -OCH3 is 1. The number of amides is 1. The molecule has 1 unspecified atom stereocenters. The van der Waals surface area contributed by atoms with E-state index in [0.29, 0.717) is 5.56 Å². The molecule has 15 heavy (non-hydrogen) atoms. The van der Waals surface area contributed by atoms with Gasteiger partial charge in [-0.1, -0.05) is 18.2 Å². The monoisotopic (exact) mass is 211 g/mol. The van der Waals surface area contributed by atoms with Gasteiger partial charge in [0.15, 0.2) is 0 Å². The number of ether oxygens (including phenoxy) is 1. The zero-order valence-corrected chi connectivity index (χ0v) is 8.79. The van der Waals surface area contributed by atoms with Crippen molar-refractivity contribution >= 4 is 5.91 Å². The van der Waals surface area contributed by atoms with Crippen molar-refractivity contribution in [3.05, 3.63) is 35.6 Å². The highest BCUT2D eigenvalue weighted by atomic mass is 19.1. The summed E-state index contributed by atoms with van der Waals surface area (Å²) in [4.78, 5) is 11.3. The topological polar surface area (TPSA) is 38.3 Å². The second-order valence-electron chi connectivity index (χ2n) is 3.19. The lowest BCUT2D eigenvalue weighted by Crippen LogP contribution is -2.33. The molecule has 4 heteroatoms. The lowest BCUT2D eigenvalue weighted by atomic mass is 10.2. The molecule has 1 atom stereocenters. The van der Waals surface area contributed by atoms with Crippen LogP contribution in [0, 0.1) is 5.82 Å². The Morgan fingerprint density at radius 1 is 1.53 bits per heavy atom. The molecule has 1 amide bonds. The second-order valence-corrected chi connectivity index (χ2v) is 3.19. The molecule has 1 aromatic rings. The highest BCUT2D eigenvalue weighted by molar-refractivity contribution is 5.80. The van der Waals surface area contributed by atoms with E-state index in [9.17, 15) is 9.18 Å². The smallest absolute Gasteiger partial charge is 0.249 e. The Balaban J connectivity index is 2.51. The Morgan fingerprint density at radius 3 is 2.80 bits per heavy atom. The first kappa shape index (κ1) is 11.7. The van der Waals surface area contributed by atoms with E-state index in [-0.39, 0.29) is 18.3 Å². The van der Waals surface area contributed by atoms with Gasteiger partial charge in [0.2, 0.25) is 5.91 Å². The third-order valence-corrected chi connectivity index (χ3v) is 2.13. The maximum absolute atomic E-state index is 13.1. The van der Waals surface area contributed by atoms with Gasteiger partial charge in [0.25, 0.3) is 0 Å². The molecule has 0 radical (unpaired) electrons. The maximum Gasteiger partial charge on any atom is 0.249 e. The highest BCUT2D eigenvalue weighted by Gasteiger charge is 2.11. The van der Waals surface area contributed by atoms with Crippen molar-refractivity contribution in [1.82, 2.24) is 5.32 Å². The van der Waals surface area contributed by atoms with Crippen LogP contribution < -0.4 is 5.32 Å². The van der Waals surface area contributed by atoms with Gasteiger partial charge < -0.3 is 10.1 Å². The lowest BCUT2D eigenvalue weighted by molar-refractivity contribution is -0.130. The van der Waals surface area contributed by atoms with E-state index in [1.165, 1.54) is 13.2 Å². The summed E-state index contributed by atoms with van der Waals surface area (Å²) in [5.74, 6) is -0.566. The predicted octanol–water partition coefficient (Wildman–Crippen LogP) is 1.48. The molecule has 1 N–H and O–H groups in total. The third-order valence-electron chi connectivity index (χ3n) is 2.13. The average molecular weight is 211 g/mol. The summed E-state index contributed by atoms with van der Waals surface area (Å²) in [7, 11) is 1.45. The SMILES string of the molecule is COC(C)C(=O)NCc1ccccc1F. The Hall–Kier alpha value is -1.42. The minimum absolute atomic E-state index is 0.180. The molecule has 0 saturated carbocycles. The Morgan fingerprint density at radius 2 is 2.20 bits per heavy atom. The van der Waals surface area contributed by atoms with Crippen LogP contribution in [0.2, 0.25) is 0 Å². The standard InChI is InChI=1S/C11H14FNO2/c1-8(15-2)11(14)13-7-9-5-3-4-6-10(9)12/h3-6,8H,7H2,1-2H3,(H,13,14). The van der Waals surface area contributed by atoms with Crippen LogP contribution in [0.3, 0.4) is 0 Å². The minimum atomic E-state index is -0.517. The summed E-state index contributed by atoms with van der Waals surface area (Å²) >= 11 is 0. The number of rotatable bonds is 4. The number of halogens is 1. The van der Waals surface area contributed by atoms with E-state index in [1.54, 1.807) is 25.1 Å². The van der Waals surface area contributed by atoms with Gasteiger partial charge in [-0.25, -0.2) is 4.39 Å². The summed E-state index contributed by atoms with van der Waals surface area (Å²) in [5.41, 5.74) is 0.467. The van der Waals surface area contributed by atoms with E-state index < -0.39 is 6.10 Å². The predicted molar refractivity (Wildman–Crippen MR) is 54.7 cm³/mol. The van der Waals surface area contributed by atoms with Crippen molar-refractivity contribution in [3.8, 4) is 0 Å². The molecule has 0 saturated heterocycles. The van der Waals surface area contributed by atoms with E-state index >= 15 is 0 Å². The molecule has 0 aliphatic heterocycles. The number of nitrogens with one attached hydrogen (secondary N) is 1. The molecule has 82 valence electrons. The summed E-state index contributed by atoms with van der Waals surface area (Å²) in [6.07, 6.45) is -0.517. The molecule has 1 aromatic carbocycles. The minimum Gasteiger partial charge on any atom is -0.372 e. The zero-order chi connectivity index (χ0) is 11.3. The van der Waals surface area contributed by atoms with Gasteiger partial charge in [-0.2, -0.15) is 0 Å². The largest absolute Gasteiger partial charge is 0.372 e. The van der Waals surface area contributed by atoms with Crippen LogP contribution in [0.4, 0.5) is 4.39 Å². The number of hydrogen-bond donors (Lipinski definition) is 1. The van der Waals surface area contributed by atoms with Crippen molar-refractivity contribution in [3.63, 3.8) is 0 Å². The first-order valence-corrected chi connectivity index (χ1v) is 4.69.